The number of non-ortho nitro benzene ring substituents is 1. The van der Waals surface area contributed by atoms with Crippen LogP contribution in [-0.2, 0) is 0 Å². The lowest BCUT2D eigenvalue weighted by atomic mass is 10.1. The van der Waals surface area contributed by atoms with Crippen LogP contribution in [0.4, 0.5) is 5.69 Å². The Balaban J connectivity index is 1.84. The molecule has 0 aliphatic carbocycles. The molecule has 23 heavy (non-hydrogen) atoms. The Labute approximate surface area is 132 Å². The molecular formula is C17H13N3O3. The molecule has 6 heteroatoms. The molecule has 1 heterocycles. The van der Waals surface area contributed by atoms with E-state index < -0.39 is 4.92 Å². The maximum atomic E-state index is 10.7. The summed E-state index contributed by atoms with van der Waals surface area (Å²) in [6, 6.07) is 13.8. The second-order valence-corrected chi connectivity index (χ2v) is 4.83. The highest BCUT2D eigenvalue weighted by molar-refractivity contribution is 5.64. The molecule has 0 bridgehead atoms. The number of hydrogen-bond donors (Lipinski definition) is 0. The van der Waals surface area contributed by atoms with Crippen molar-refractivity contribution in [1.82, 2.24) is 9.97 Å². The summed E-state index contributed by atoms with van der Waals surface area (Å²) in [7, 11) is 1.62. The minimum absolute atomic E-state index is 0.0450. The molecule has 0 unspecified atom stereocenters. The second kappa shape index (κ2) is 6.23. The topological polar surface area (TPSA) is 78.2 Å². The molecule has 3 aromatic rings. The van der Waals surface area contributed by atoms with E-state index in [1.807, 2.05) is 24.3 Å². The number of aromatic nitrogens is 2. The fourth-order valence-electron chi connectivity index (χ4n) is 2.14. The molecular weight excluding hydrogens is 294 g/mol. The molecule has 0 saturated carbocycles. The van der Waals surface area contributed by atoms with Gasteiger partial charge in [0.15, 0.2) is 5.82 Å². The van der Waals surface area contributed by atoms with Gasteiger partial charge in [-0.25, -0.2) is 9.97 Å². The van der Waals surface area contributed by atoms with Crippen LogP contribution in [0.15, 0.2) is 60.9 Å². The quantitative estimate of drug-likeness (QED) is 0.542. The number of hydrogen-bond acceptors (Lipinski definition) is 5. The van der Waals surface area contributed by atoms with Crippen LogP contribution in [0.2, 0.25) is 0 Å². The Kier molecular flexibility index (Phi) is 3.97. The molecule has 0 aliphatic rings. The van der Waals surface area contributed by atoms with Crippen LogP contribution in [-0.4, -0.2) is 22.0 Å². The third kappa shape index (κ3) is 3.16. The molecule has 0 amide bonds. The number of benzene rings is 2. The standard InChI is InChI=1S/C17H13N3O3/c1-23-16-8-4-12(5-9-16)14-10-18-17(19-11-14)13-2-6-15(7-3-13)20(21)22/h2-11H,1H3. The van der Waals surface area contributed by atoms with Crippen molar-refractivity contribution in [3.05, 3.63) is 71.0 Å². The maximum Gasteiger partial charge on any atom is 0.269 e. The van der Waals surface area contributed by atoms with Crippen LogP contribution in [0.5, 0.6) is 5.75 Å². The Morgan fingerprint density at radius 1 is 0.870 bits per heavy atom. The summed E-state index contributed by atoms with van der Waals surface area (Å²) in [5.41, 5.74) is 2.65. The Morgan fingerprint density at radius 3 is 1.96 bits per heavy atom. The molecule has 0 atom stereocenters. The lowest BCUT2D eigenvalue weighted by Gasteiger charge is -2.04. The monoisotopic (exact) mass is 307 g/mol. The van der Waals surface area contributed by atoms with E-state index >= 15 is 0 Å². The summed E-state index contributed by atoms with van der Waals surface area (Å²) in [6.07, 6.45) is 3.46. The summed E-state index contributed by atoms with van der Waals surface area (Å²) in [5, 5.41) is 10.7. The summed E-state index contributed by atoms with van der Waals surface area (Å²) in [6.45, 7) is 0. The Morgan fingerprint density at radius 2 is 1.43 bits per heavy atom. The Hall–Kier alpha value is -3.28. The zero-order valence-corrected chi connectivity index (χ0v) is 12.3. The van der Waals surface area contributed by atoms with Crippen molar-refractivity contribution >= 4 is 5.69 Å². The molecule has 2 aromatic carbocycles. The number of methoxy groups -OCH3 is 1. The third-order valence-corrected chi connectivity index (χ3v) is 3.41. The van der Waals surface area contributed by atoms with Crippen molar-refractivity contribution in [3.63, 3.8) is 0 Å². The summed E-state index contributed by atoms with van der Waals surface area (Å²) in [4.78, 5) is 18.9. The highest BCUT2D eigenvalue weighted by atomic mass is 16.6. The van der Waals surface area contributed by atoms with Gasteiger partial charge < -0.3 is 4.74 Å². The number of rotatable bonds is 4. The van der Waals surface area contributed by atoms with Gasteiger partial charge in [0.2, 0.25) is 0 Å². The predicted octanol–water partition coefficient (Wildman–Crippen LogP) is 3.73. The highest BCUT2D eigenvalue weighted by Crippen LogP contribution is 2.23. The number of nitro benzene ring substituents is 1. The molecule has 0 saturated heterocycles. The van der Waals surface area contributed by atoms with Gasteiger partial charge in [-0.2, -0.15) is 0 Å². The molecule has 0 spiro atoms. The zero-order chi connectivity index (χ0) is 16.2. The minimum atomic E-state index is -0.433. The van der Waals surface area contributed by atoms with E-state index in [0.29, 0.717) is 5.82 Å². The van der Waals surface area contributed by atoms with E-state index in [1.165, 1.54) is 12.1 Å². The van der Waals surface area contributed by atoms with E-state index in [0.717, 1.165) is 22.4 Å². The van der Waals surface area contributed by atoms with Crippen LogP contribution in [0.25, 0.3) is 22.5 Å². The second-order valence-electron chi connectivity index (χ2n) is 4.83. The number of nitrogens with zero attached hydrogens (tertiary/aromatic N) is 3. The SMILES string of the molecule is COc1ccc(-c2cnc(-c3ccc([N+](=O)[O-])cc3)nc2)cc1. The number of ether oxygens (including phenoxy) is 1. The van der Waals surface area contributed by atoms with Gasteiger partial charge >= 0.3 is 0 Å². The van der Waals surface area contributed by atoms with E-state index in [-0.39, 0.29) is 5.69 Å². The van der Waals surface area contributed by atoms with Crippen molar-refractivity contribution in [2.75, 3.05) is 7.11 Å². The first-order valence-electron chi connectivity index (χ1n) is 6.88. The summed E-state index contributed by atoms with van der Waals surface area (Å²) >= 11 is 0. The first-order chi connectivity index (χ1) is 11.2. The Bertz CT molecular complexity index is 813. The van der Waals surface area contributed by atoms with Crippen LogP contribution in [0, 0.1) is 10.1 Å². The van der Waals surface area contributed by atoms with Gasteiger partial charge in [-0.15, -0.1) is 0 Å². The summed E-state index contributed by atoms with van der Waals surface area (Å²) in [5.74, 6) is 1.31. The van der Waals surface area contributed by atoms with Crippen LogP contribution >= 0.6 is 0 Å². The third-order valence-electron chi connectivity index (χ3n) is 3.41. The summed E-state index contributed by atoms with van der Waals surface area (Å²) < 4.78 is 5.13. The minimum Gasteiger partial charge on any atom is -0.497 e. The molecule has 0 N–H and O–H groups in total. The first-order valence-corrected chi connectivity index (χ1v) is 6.88. The molecule has 0 radical (unpaired) electrons. The lowest BCUT2D eigenvalue weighted by molar-refractivity contribution is -0.384. The molecule has 0 fully saturated rings. The van der Waals surface area contributed by atoms with Crippen LogP contribution in [0.3, 0.4) is 0 Å². The lowest BCUT2D eigenvalue weighted by Crippen LogP contribution is -1.91. The van der Waals surface area contributed by atoms with E-state index in [4.69, 9.17) is 4.74 Å². The van der Waals surface area contributed by atoms with Gasteiger partial charge in [0, 0.05) is 35.7 Å². The van der Waals surface area contributed by atoms with Crippen molar-refractivity contribution in [2.24, 2.45) is 0 Å². The maximum absolute atomic E-state index is 10.7. The van der Waals surface area contributed by atoms with E-state index in [1.54, 1.807) is 31.6 Å². The normalized spacial score (nSPS) is 10.3. The molecule has 114 valence electrons. The fourth-order valence-corrected chi connectivity index (χ4v) is 2.14. The molecule has 1 aromatic heterocycles. The molecule has 3 rings (SSSR count). The smallest absolute Gasteiger partial charge is 0.269 e. The average Bonchev–Trinajstić information content (AvgIpc) is 2.62. The van der Waals surface area contributed by atoms with Crippen LogP contribution in [0.1, 0.15) is 0 Å². The van der Waals surface area contributed by atoms with Gasteiger partial charge in [0.05, 0.1) is 12.0 Å². The van der Waals surface area contributed by atoms with Crippen molar-refractivity contribution in [2.45, 2.75) is 0 Å². The van der Waals surface area contributed by atoms with Gasteiger partial charge in [-0.1, -0.05) is 12.1 Å². The highest BCUT2D eigenvalue weighted by Gasteiger charge is 2.07. The van der Waals surface area contributed by atoms with Gasteiger partial charge in [-0.05, 0) is 29.8 Å². The van der Waals surface area contributed by atoms with E-state index in [2.05, 4.69) is 9.97 Å². The number of nitro groups is 1. The average molecular weight is 307 g/mol. The first kappa shape index (κ1) is 14.6. The van der Waals surface area contributed by atoms with Crippen molar-refractivity contribution in [1.29, 1.82) is 0 Å². The van der Waals surface area contributed by atoms with E-state index in [9.17, 15) is 10.1 Å². The predicted molar refractivity (Wildman–Crippen MR) is 86.1 cm³/mol. The van der Waals surface area contributed by atoms with Crippen molar-refractivity contribution < 1.29 is 9.66 Å². The molecule has 0 aliphatic heterocycles. The van der Waals surface area contributed by atoms with Gasteiger partial charge in [0.1, 0.15) is 5.75 Å². The van der Waals surface area contributed by atoms with Crippen molar-refractivity contribution in [3.8, 4) is 28.3 Å². The molecule has 6 nitrogen and oxygen atoms in total. The van der Waals surface area contributed by atoms with Gasteiger partial charge in [0.25, 0.3) is 5.69 Å². The zero-order valence-electron chi connectivity index (χ0n) is 12.3. The largest absolute Gasteiger partial charge is 0.497 e. The fraction of sp³-hybridized carbons (Fsp3) is 0.0588. The van der Waals surface area contributed by atoms with Crippen LogP contribution < -0.4 is 4.74 Å². The van der Waals surface area contributed by atoms with Gasteiger partial charge in [-0.3, -0.25) is 10.1 Å².